The van der Waals surface area contributed by atoms with Crippen LogP contribution in [0.1, 0.15) is 46.5 Å². The first-order valence-electron chi connectivity index (χ1n) is 7.70. The molecule has 2 unspecified atom stereocenters. The third kappa shape index (κ3) is 5.09. The van der Waals surface area contributed by atoms with Crippen LogP contribution in [0.5, 0.6) is 0 Å². The Morgan fingerprint density at radius 2 is 1.75 bits per heavy atom. The Balaban J connectivity index is 2.65. The van der Waals surface area contributed by atoms with E-state index in [1.165, 1.54) is 0 Å². The molecule has 0 aromatic rings. The minimum atomic E-state index is -2.35. The molecule has 1 heterocycles. The van der Waals surface area contributed by atoms with E-state index in [4.69, 9.17) is 18.9 Å². The molecule has 1 fully saturated rings. The molecule has 1 saturated heterocycles. The van der Waals surface area contributed by atoms with Crippen LogP contribution in [0.3, 0.4) is 0 Å². The molecule has 6 heteroatoms. The first-order chi connectivity index (χ1) is 9.37. The zero-order valence-corrected chi connectivity index (χ0v) is 14.5. The molecule has 20 heavy (non-hydrogen) atoms. The number of hydrogen-bond donors (Lipinski definition) is 1. The maximum absolute atomic E-state index is 10.2. The van der Waals surface area contributed by atoms with Crippen LogP contribution in [0.4, 0.5) is 0 Å². The molecule has 0 aromatic heterocycles. The minimum absolute atomic E-state index is 0.148. The second-order valence-corrected chi connectivity index (χ2v) is 9.68. The van der Waals surface area contributed by atoms with Crippen LogP contribution in [0.2, 0.25) is 13.1 Å². The number of rotatable bonds is 8. The summed E-state index contributed by atoms with van der Waals surface area (Å²) >= 11 is 0. The summed E-state index contributed by atoms with van der Waals surface area (Å²) in [5.41, 5.74) is -0.148. The fourth-order valence-corrected chi connectivity index (χ4v) is 3.75. The lowest BCUT2D eigenvalue weighted by atomic mass is 10.3. The molecule has 0 aromatic carbocycles. The van der Waals surface area contributed by atoms with Gasteiger partial charge in [0, 0.05) is 6.42 Å². The van der Waals surface area contributed by atoms with Crippen molar-refractivity contribution < 1.29 is 23.7 Å². The molecule has 1 N–H and O–H groups in total. The van der Waals surface area contributed by atoms with Gasteiger partial charge in [0.2, 0.25) is 8.32 Å². The van der Waals surface area contributed by atoms with Gasteiger partial charge < -0.3 is 19.0 Å². The van der Waals surface area contributed by atoms with E-state index in [1.807, 2.05) is 33.9 Å². The lowest BCUT2D eigenvalue weighted by molar-refractivity contribution is -0.436. The minimum Gasteiger partial charge on any atom is -0.430 e. The molecule has 120 valence electrons. The van der Waals surface area contributed by atoms with Gasteiger partial charge in [0.05, 0.1) is 18.9 Å². The summed E-state index contributed by atoms with van der Waals surface area (Å²) in [5.74, 6) is -0.988. The Morgan fingerprint density at radius 1 is 1.15 bits per heavy atom. The Bertz CT molecular complexity index is 273. The zero-order valence-electron chi connectivity index (χ0n) is 13.5. The Morgan fingerprint density at radius 3 is 2.15 bits per heavy atom. The summed E-state index contributed by atoms with van der Waals surface area (Å²) in [4.78, 5) is 10.2. The van der Waals surface area contributed by atoms with E-state index in [9.17, 15) is 4.80 Å². The zero-order chi connectivity index (χ0) is 15.2. The largest absolute Gasteiger partial charge is 0.430 e. The topological polar surface area (TPSA) is 57.2 Å². The first-order valence-corrected chi connectivity index (χ1v) is 10.7. The van der Waals surface area contributed by atoms with Crippen molar-refractivity contribution in [3.63, 3.8) is 0 Å². The van der Waals surface area contributed by atoms with Gasteiger partial charge in [0.15, 0.2) is 6.29 Å². The molecule has 2 atom stereocenters. The van der Waals surface area contributed by atoms with Crippen molar-refractivity contribution in [1.82, 2.24) is 0 Å². The van der Waals surface area contributed by atoms with Crippen LogP contribution >= 0.6 is 0 Å². The summed E-state index contributed by atoms with van der Waals surface area (Å²) < 4.78 is 23.3. The van der Waals surface area contributed by atoms with Crippen molar-refractivity contribution in [2.45, 2.75) is 77.5 Å². The summed E-state index contributed by atoms with van der Waals surface area (Å²) in [6.45, 7) is 11.0. The number of ether oxygens (including phenoxy) is 4. The third-order valence-electron chi connectivity index (χ3n) is 3.48. The molecular weight excluding hydrogens is 276 g/mol. The van der Waals surface area contributed by atoms with E-state index in [2.05, 4.69) is 0 Å². The van der Waals surface area contributed by atoms with Gasteiger partial charge in [-0.1, -0.05) is 20.8 Å². The molecule has 0 bridgehead atoms. The van der Waals surface area contributed by atoms with Gasteiger partial charge in [-0.2, -0.15) is 0 Å². The summed E-state index contributed by atoms with van der Waals surface area (Å²) in [6, 6.07) is 0. The molecule has 0 amide bonds. The van der Waals surface area contributed by atoms with Gasteiger partial charge in [0.1, 0.15) is 0 Å². The maximum atomic E-state index is 10.2. The Kier molecular flexibility index (Phi) is 7.10. The Hall–Kier alpha value is 0.0169. The van der Waals surface area contributed by atoms with Gasteiger partial charge in [0.25, 0.3) is 5.97 Å². The van der Waals surface area contributed by atoms with Crippen LogP contribution in [0.15, 0.2) is 0 Å². The standard InChI is InChI=1S/C14H30O5Si/c1-6-12(18-13(7-2)20(4,5)15)19-14(8-3)16-10-9-11-17-14/h12-13,15H,6-11H2,1-5H3. The lowest BCUT2D eigenvalue weighted by Gasteiger charge is -2.39. The number of hydrogen-bond acceptors (Lipinski definition) is 5. The van der Waals surface area contributed by atoms with E-state index in [1.54, 1.807) is 0 Å². The molecule has 0 radical (unpaired) electrons. The predicted molar refractivity (Wildman–Crippen MR) is 79.6 cm³/mol. The quantitative estimate of drug-likeness (QED) is 0.552. The highest BCUT2D eigenvalue weighted by Gasteiger charge is 2.39. The van der Waals surface area contributed by atoms with Crippen LogP contribution < -0.4 is 0 Å². The Labute approximate surface area is 123 Å². The molecule has 1 aliphatic heterocycles. The molecule has 0 spiro atoms. The third-order valence-corrected chi connectivity index (χ3v) is 5.60. The average Bonchev–Trinajstić information content (AvgIpc) is 2.43. The highest BCUT2D eigenvalue weighted by atomic mass is 28.4. The maximum Gasteiger partial charge on any atom is 0.284 e. The normalized spacial score (nSPS) is 22.5. The van der Waals surface area contributed by atoms with Crippen LogP contribution in [0.25, 0.3) is 0 Å². The van der Waals surface area contributed by atoms with Gasteiger partial charge in [-0.25, -0.2) is 0 Å². The van der Waals surface area contributed by atoms with Crippen molar-refractivity contribution >= 4 is 8.32 Å². The van der Waals surface area contributed by atoms with Crippen LogP contribution in [0, 0.1) is 0 Å². The summed E-state index contributed by atoms with van der Waals surface area (Å²) in [5, 5.41) is 0. The molecule has 0 aliphatic carbocycles. The van der Waals surface area contributed by atoms with Crippen molar-refractivity contribution in [3.05, 3.63) is 0 Å². The first kappa shape index (κ1) is 18.1. The lowest BCUT2D eigenvalue weighted by Crippen LogP contribution is -2.49. The van der Waals surface area contributed by atoms with E-state index in [-0.39, 0.29) is 5.73 Å². The fraction of sp³-hybridized carbons (Fsp3) is 1.00. The highest BCUT2D eigenvalue weighted by Crippen LogP contribution is 2.28. The van der Waals surface area contributed by atoms with Crippen LogP contribution in [-0.4, -0.2) is 44.3 Å². The monoisotopic (exact) mass is 306 g/mol. The van der Waals surface area contributed by atoms with Gasteiger partial charge >= 0.3 is 0 Å². The van der Waals surface area contributed by atoms with E-state index in [0.717, 1.165) is 12.8 Å². The predicted octanol–water partition coefficient (Wildman–Crippen LogP) is 2.77. The van der Waals surface area contributed by atoms with Gasteiger partial charge in [-0.05, 0) is 32.4 Å². The van der Waals surface area contributed by atoms with Crippen molar-refractivity contribution in [2.24, 2.45) is 0 Å². The van der Waals surface area contributed by atoms with E-state index in [0.29, 0.717) is 26.1 Å². The van der Waals surface area contributed by atoms with E-state index >= 15 is 0 Å². The SMILES string of the molecule is CCC(OC(CC)[Si](C)(C)O)OC1(CC)OCCCO1. The highest BCUT2D eigenvalue weighted by molar-refractivity contribution is 6.71. The molecule has 1 rings (SSSR count). The summed E-state index contributed by atoms with van der Waals surface area (Å²) in [7, 11) is -2.35. The molecule has 1 aliphatic rings. The van der Waals surface area contributed by atoms with Crippen molar-refractivity contribution in [3.8, 4) is 0 Å². The van der Waals surface area contributed by atoms with E-state index < -0.39 is 20.6 Å². The molecular formula is C14H30O5Si. The molecule has 0 saturated carbocycles. The molecule has 5 nitrogen and oxygen atoms in total. The van der Waals surface area contributed by atoms with Crippen molar-refractivity contribution in [2.75, 3.05) is 13.2 Å². The second-order valence-electron chi connectivity index (χ2n) is 5.73. The van der Waals surface area contributed by atoms with Gasteiger partial charge in [-0.15, -0.1) is 0 Å². The van der Waals surface area contributed by atoms with Crippen molar-refractivity contribution in [1.29, 1.82) is 0 Å². The average molecular weight is 306 g/mol. The fourth-order valence-electron chi connectivity index (χ4n) is 2.26. The second kappa shape index (κ2) is 7.86. The smallest absolute Gasteiger partial charge is 0.284 e. The summed E-state index contributed by atoms with van der Waals surface area (Å²) in [6.07, 6.45) is 2.55. The van der Waals surface area contributed by atoms with Gasteiger partial charge in [-0.3, -0.25) is 4.74 Å². The van der Waals surface area contributed by atoms with Crippen LogP contribution in [-0.2, 0) is 18.9 Å².